The van der Waals surface area contributed by atoms with Crippen molar-refractivity contribution >= 4 is 34.1 Å². The van der Waals surface area contributed by atoms with Crippen molar-refractivity contribution in [3.63, 3.8) is 0 Å². The Bertz CT molecular complexity index is 1450. The average Bonchev–Trinajstić information content (AvgIpc) is 3.32. The molecule has 0 radical (unpaired) electrons. The van der Waals surface area contributed by atoms with Crippen LogP contribution in [0.5, 0.6) is 5.75 Å². The highest BCUT2D eigenvalue weighted by Crippen LogP contribution is 2.34. The van der Waals surface area contributed by atoms with E-state index in [9.17, 15) is 0 Å². The quantitative estimate of drug-likeness (QED) is 0.231. The molecular formula is C27H22Cl2N4O2. The second-order valence-electron chi connectivity index (χ2n) is 8.01. The molecule has 5 aromatic rings. The summed E-state index contributed by atoms with van der Waals surface area (Å²) < 4.78 is 13.9. The first kappa shape index (κ1) is 23.3. The third-order valence-corrected chi connectivity index (χ3v) is 6.22. The van der Waals surface area contributed by atoms with Crippen LogP contribution in [-0.4, -0.2) is 19.7 Å². The number of nitrogens with zero attached hydrogens (tertiary/aromatic N) is 4. The van der Waals surface area contributed by atoms with E-state index >= 15 is 0 Å². The standard InChI is InChI=1S/C27H22Cl2N4O2/c1-18-12-21(25-10-11-31-33(25)17-34-15-19-6-3-2-4-7-19)20-8-5-9-26(27(20)32-18)35-16-22-23(28)13-30-14-24(22)29/h2-14H,15-17H2,1H3. The largest absolute Gasteiger partial charge is 0.487 e. The molecular weight excluding hydrogens is 483 g/mol. The number of aromatic nitrogens is 4. The predicted octanol–water partition coefficient (Wildman–Crippen LogP) is 6.86. The van der Waals surface area contributed by atoms with Gasteiger partial charge in [0.15, 0.2) is 0 Å². The fourth-order valence-corrected chi connectivity index (χ4v) is 4.37. The Morgan fingerprint density at radius 1 is 0.914 bits per heavy atom. The molecule has 0 aliphatic carbocycles. The molecule has 3 heterocycles. The molecule has 0 aliphatic rings. The number of para-hydroxylation sites is 1. The monoisotopic (exact) mass is 504 g/mol. The highest BCUT2D eigenvalue weighted by Gasteiger charge is 2.15. The van der Waals surface area contributed by atoms with Crippen LogP contribution in [0.3, 0.4) is 0 Å². The molecule has 176 valence electrons. The van der Waals surface area contributed by atoms with Crippen LogP contribution in [0.25, 0.3) is 22.2 Å². The first-order valence-corrected chi connectivity index (χ1v) is 11.8. The van der Waals surface area contributed by atoms with Gasteiger partial charge < -0.3 is 9.47 Å². The number of hydrogen-bond acceptors (Lipinski definition) is 5. The van der Waals surface area contributed by atoms with E-state index < -0.39 is 0 Å². The van der Waals surface area contributed by atoms with Crippen LogP contribution < -0.4 is 4.74 Å². The molecule has 2 aromatic carbocycles. The molecule has 5 rings (SSSR count). The number of aryl methyl sites for hydroxylation is 1. The number of hydrogen-bond donors (Lipinski definition) is 0. The number of rotatable bonds is 8. The summed E-state index contributed by atoms with van der Waals surface area (Å²) in [5, 5.41) is 6.35. The van der Waals surface area contributed by atoms with Crippen molar-refractivity contribution in [2.75, 3.05) is 0 Å². The summed E-state index contributed by atoms with van der Waals surface area (Å²) in [6.45, 7) is 3.00. The Labute approximate surface area is 213 Å². The molecule has 0 fully saturated rings. The number of ether oxygens (including phenoxy) is 2. The smallest absolute Gasteiger partial charge is 0.146 e. The lowest BCUT2D eigenvalue weighted by molar-refractivity contribution is 0.0572. The van der Waals surface area contributed by atoms with Crippen molar-refractivity contribution in [1.82, 2.24) is 19.7 Å². The topological polar surface area (TPSA) is 62.1 Å². The van der Waals surface area contributed by atoms with Gasteiger partial charge >= 0.3 is 0 Å². The molecule has 0 amide bonds. The van der Waals surface area contributed by atoms with Gasteiger partial charge in [0, 0.05) is 40.8 Å². The molecule has 0 unspecified atom stereocenters. The van der Waals surface area contributed by atoms with Crippen molar-refractivity contribution < 1.29 is 9.47 Å². The average molecular weight is 505 g/mol. The lowest BCUT2D eigenvalue weighted by Gasteiger charge is -2.14. The van der Waals surface area contributed by atoms with E-state index in [2.05, 4.69) is 10.1 Å². The molecule has 0 atom stereocenters. The van der Waals surface area contributed by atoms with Gasteiger partial charge in [-0.15, -0.1) is 0 Å². The molecule has 3 aromatic heterocycles. The molecule has 0 spiro atoms. The van der Waals surface area contributed by atoms with Gasteiger partial charge in [-0.2, -0.15) is 5.10 Å². The van der Waals surface area contributed by atoms with E-state index in [1.807, 2.05) is 72.3 Å². The van der Waals surface area contributed by atoms with Crippen molar-refractivity contribution in [3.8, 4) is 17.0 Å². The van der Waals surface area contributed by atoms with Gasteiger partial charge in [-0.1, -0.05) is 65.7 Å². The van der Waals surface area contributed by atoms with Crippen LogP contribution in [0.4, 0.5) is 0 Å². The van der Waals surface area contributed by atoms with Crippen LogP contribution >= 0.6 is 23.2 Å². The maximum atomic E-state index is 6.27. The number of fused-ring (bicyclic) bond motifs is 1. The maximum absolute atomic E-state index is 6.27. The summed E-state index contributed by atoms with van der Waals surface area (Å²) >= 11 is 12.5. The molecule has 0 saturated heterocycles. The SMILES string of the molecule is Cc1cc(-c2ccnn2COCc2ccccc2)c2cccc(OCc3c(Cl)cncc3Cl)c2n1. The lowest BCUT2D eigenvalue weighted by Crippen LogP contribution is -2.06. The maximum Gasteiger partial charge on any atom is 0.146 e. The Morgan fingerprint density at radius 2 is 1.71 bits per heavy atom. The second kappa shape index (κ2) is 10.4. The Hall–Kier alpha value is -3.45. The minimum absolute atomic E-state index is 0.204. The molecule has 8 heteroatoms. The van der Waals surface area contributed by atoms with Gasteiger partial charge in [0.2, 0.25) is 0 Å². The zero-order valence-corrected chi connectivity index (χ0v) is 20.5. The lowest BCUT2D eigenvalue weighted by atomic mass is 10.0. The van der Waals surface area contributed by atoms with Crippen LogP contribution in [0.1, 0.15) is 16.8 Å². The van der Waals surface area contributed by atoms with Gasteiger partial charge in [0.05, 0.1) is 22.3 Å². The molecule has 35 heavy (non-hydrogen) atoms. The van der Waals surface area contributed by atoms with Gasteiger partial charge in [-0.3, -0.25) is 4.98 Å². The van der Waals surface area contributed by atoms with Crippen molar-refractivity contribution in [1.29, 1.82) is 0 Å². The Kier molecular flexibility index (Phi) is 6.95. The summed E-state index contributed by atoms with van der Waals surface area (Å²) in [5.41, 5.74) is 5.34. The first-order chi connectivity index (χ1) is 17.1. The minimum atomic E-state index is 0.204. The van der Waals surface area contributed by atoms with E-state index in [1.165, 1.54) is 0 Å². The van der Waals surface area contributed by atoms with Gasteiger partial charge in [0.1, 0.15) is 24.6 Å². The van der Waals surface area contributed by atoms with Crippen molar-refractivity contribution in [3.05, 3.63) is 106 Å². The summed E-state index contributed by atoms with van der Waals surface area (Å²) in [7, 11) is 0. The molecule has 0 aliphatic heterocycles. The zero-order valence-electron chi connectivity index (χ0n) is 19.0. The summed E-state index contributed by atoms with van der Waals surface area (Å²) in [5.74, 6) is 0.641. The van der Waals surface area contributed by atoms with Gasteiger partial charge in [0.25, 0.3) is 0 Å². The number of halogens is 2. The third kappa shape index (κ3) is 5.15. The number of benzene rings is 2. The van der Waals surface area contributed by atoms with E-state index in [0.717, 1.165) is 33.4 Å². The summed E-state index contributed by atoms with van der Waals surface area (Å²) in [6, 6.07) is 20.0. The van der Waals surface area contributed by atoms with E-state index in [-0.39, 0.29) is 6.61 Å². The second-order valence-corrected chi connectivity index (χ2v) is 8.83. The molecule has 0 bridgehead atoms. The van der Waals surface area contributed by atoms with Crippen LogP contribution in [0.2, 0.25) is 10.0 Å². The van der Waals surface area contributed by atoms with Gasteiger partial charge in [-0.25, -0.2) is 9.67 Å². The van der Waals surface area contributed by atoms with Crippen LogP contribution in [0.15, 0.2) is 79.3 Å². The highest BCUT2D eigenvalue weighted by molar-refractivity contribution is 6.35. The third-order valence-electron chi connectivity index (χ3n) is 5.57. The highest BCUT2D eigenvalue weighted by atomic mass is 35.5. The predicted molar refractivity (Wildman–Crippen MR) is 138 cm³/mol. The fourth-order valence-electron chi connectivity index (χ4n) is 3.89. The zero-order chi connectivity index (χ0) is 24.2. The Balaban J connectivity index is 1.44. The van der Waals surface area contributed by atoms with E-state index in [0.29, 0.717) is 34.7 Å². The van der Waals surface area contributed by atoms with Crippen LogP contribution in [0, 0.1) is 6.92 Å². The van der Waals surface area contributed by atoms with E-state index in [1.54, 1.807) is 18.6 Å². The van der Waals surface area contributed by atoms with E-state index in [4.69, 9.17) is 37.7 Å². The fraction of sp³-hybridized carbons (Fsp3) is 0.148. The minimum Gasteiger partial charge on any atom is -0.487 e. The summed E-state index contributed by atoms with van der Waals surface area (Å²) in [4.78, 5) is 8.77. The molecule has 0 saturated carbocycles. The Morgan fingerprint density at radius 3 is 2.51 bits per heavy atom. The normalized spacial score (nSPS) is 11.2. The first-order valence-electron chi connectivity index (χ1n) is 11.0. The van der Waals surface area contributed by atoms with Crippen molar-refractivity contribution in [2.24, 2.45) is 0 Å². The number of pyridine rings is 2. The summed E-state index contributed by atoms with van der Waals surface area (Å²) in [6.07, 6.45) is 4.88. The van der Waals surface area contributed by atoms with Crippen molar-refractivity contribution in [2.45, 2.75) is 26.9 Å². The molecule has 6 nitrogen and oxygen atoms in total. The van der Waals surface area contributed by atoms with Crippen LogP contribution in [-0.2, 0) is 24.7 Å². The van der Waals surface area contributed by atoms with Gasteiger partial charge in [-0.05, 0) is 30.7 Å². The molecule has 0 N–H and O–H groups in total.